The summed E-state index contributed by atoms with van der Waals surface area (Å²) in [5, 5.41) is 13.3. The second-order valence-corrected chi connectivity index (χ2v) is 5.68. The fourth-order valence-electron chi connectivity index (χ4n) is 2.33. The smallest absolute Gasteiger partial charge is 0.338 e. The zero-order valence-corrected chi connectivity index (χ0v) is 15.7. The van der Waals surface area contributed by atoms with Crippen LogP contribution in [-0.2, 0) is 9.53 Å². The van der Waals surface area contributed by atoms with E-state index in [9.17, 15) is 19.7 Å². The van der Waals surface area contributed by atoms with Gasteiger partial charge in [0, 0.05) is 12.1 Å². The first-order chi connectivity index (χ1) is 13.3. The Kier molecular flexibility index (Phi) is 6.91. The number of nitrogens with one attached hydrogen (secondary N) is 1. The highest BCUT2D eigenvalue weighted by Gasteiger charge is 2.15. The van der Waals surface area contributed by atoms with Crippen molar-refractivity contribution in [3.05, 3.63) is 57.6 Å². The maximum atomic E-state index is 12.2. The van der Waals surface area contributed by atoms with Crippen LogP contribution in [0.15, 0.2) is 36.4 Å². The first kappa shape index (κ1) is 20.7. The summed E-state index contributed by atoms with van der Waals surface area (Å²) >= 11 is 0. The summed E-state index contributed by atoms with van der Waals surface area (Å²) in [5.41, 5.74) is 0.961. The van der Waals surface area contributed by atoms with Gasteiger partial charge in [0.05, 0.1) is 29.9 Å². The second-order valence-electron chi connectivity index (χ2n) is 5.68. The van der Waals surface area contributed by atoms with Gasteiger partial charge in [-0.1, -0.05) is 6.07 Å². The number of non-ortho nitro benzene ring substituents is 1. The van der Waals surface area contributed by atoms with Gasteiger partial charge in [-0.15, -0.1) is 0 Å². The minimum Gasteiger partial charge on any atom is -0.493 e. The number of anilines is 1. The molecule has 2 aromatic carbocycles. The number of methoxy groups -OCH3 is 1. The van der Waals surface area contributed by atoms with Crippen LogP contribution in [0, 0.1) is 17.0 Å². The first-order valence-corrected chi connectivity index (χ1v) is 8.38. The van der Waals surface area contributed by atoms with Gasteiger partial charge < -0.3 is 19.5 Å². The molecule has 1 N–H and O–H groups in total. The average Bonchev–Trinajstić information content (AvgIpc) is 2.67. The number of amides is 1. The van der Waals surface area contributed by atoms with Crippen molar-refractivity contribution in [1.82, 2.24) is 0 Å². The first-order valence-electron chi connectivity index (χ1n) is 8.38. The van der Waals surface area contributed by atoms with Gasteiger partial charge in [0.2, 0.25) is 0 Å². The quantitative estimate of drug-likeness (QED) is 0.419. The summed E-state index contributed by atoms with van der Waals surface area (Å²) in [5.74, 6) is -0.474. The molecular weight excluding hydrogens is 368 g/mol. The molecule has 2 aromatic rings. The summed E-state index contributed by atoms with van der Waals surface area (Å²) in [7, 11) is 1.48. The number of rotatable bonds is 8. The molecule has 9 heteroatoms. The van der Waals surface area contributed by atoms with Crippen LogP contribution in [0.1, 0.15) is 22.8 Å². The van der Waals surface area contributed by atoms with Gasteiger partial charge in [0.25, 0.3) is 11.6 Å². The number of esters is 1. The Morgan fingerprint density at radius 3 is 2.54 bits per heavy atom. The van der Waals surface area contributed by atoms with Crippen molar-refractivity contribution >= 4 is 23.3 Å². The van der Waals surface area contributed by atoms with E-state index in [-0.39, 0.29) is 16.9 Å². The number of hydrogen-bond acceptors (Lipinski definition) is 7. The molecule has 0 saturated carbocycles. The summed E-state index contributed by atoms with van der Waals surface area (Å²) in [6.45, 7) is 3.33. The second kappa shape index (κ2) is 9.36. The molecule has 0 bridgehead atoms. The van der Waals surface area contributed by atoms with E-state index in [1.165, 1.54) is 37.4 Å². The Hall–Kier alpha value is -3.62. The van der Waals surface area contributed by atoms with Gasteiger partial charge >= 0.3 is 5.97 Å². The van der Waals surface area contributed by atoms with E-state index >= 15 is 0 Å². The molecule has 2 rings (SSSR count). The van der Waals surface area contributed by atoms with Crippen LogP contribution in [0.5, 0.6) is 11.5 Å². The topological polar surface area (TPSA) is 117 Å². The van der Waals surface area contributed by atoms with Gasteiger partial charge in [0.15, 0.2) is 18.1 Å². The highest BCUT2D eigenvalue weighted by Crippen LogP contribution is 2.28. The van der Waals surface area contributed by atoms with Gasteiger partial charge in [-0.25, -0.2) is 4.79 Å². The van der Waals surface area contributed by atoms with Crippen LogP contribution < -0.4 is 14.8 Å². The summed E-state index contributed by atoms with van der Waals surface area (Å²) in [4.78, 5) is 34.5. The van der Waals surface area contributed by atoms with E-state index in [0.29, 0.717) is 23.7 Å². The molecule has 0 fully saturated rings. The molecule has 148 valence electrons. The number of nitrogens with zero attached hydrogens (tertiary/aromatic N) is 1. The molecule has 0 spiro atoms. The lowest BCUT2D eigenvalue weighted by Gasteiger charge is -2.11. The highest BCUT2D eigenvalue weighted by molar-refractivity contribution is 5.96. The molecule has 1 amide bonds. The van der Waals surface area contributed by atoms with Crippen LogP contribution in [0.25, 0.3) is 0 Å². The van der Waals surface area contributed by atoms with E-state index in [2.05, 4.69) is 5.32 Å². The average molecular weight is 388 g/mol. The molecule has 0 aliphatic carbocycles. The Morgan fingerprint density at radius 2 is 1.89 bits per heavy atom. The fraction of sp³-hybridized carbons (Fsp3) is 0.263. The number of nitro groups is 1. The summed E-state index contributed by atoms with van der Waals surface area (Å²) < 4.78 is 15.6. The number of carbonyl (C=O) groups excluding carboxylic acids is 2. The number of carbonyl (C=O) groups is 2. The molecule has 28 heavy (non-hydrogen) atoms. The van der Waals surface area contributed by atoms with Gasteiger partial charge in [-0.3, -0.25) is 14.9 Å². The summed E-state index contributed by atoms with van der Waals surface area (Å²) in [6.07, 6.45) is 0. The lowest BCUT2D eigenvalue weighted by Crippen LogP contribution is -2.21. The normalized spacial score (nSPS) is 10.1. The Labute approximate surface area is 161 Å². The van der Waals surface area contributed by atoms with Crippen molar-refractivity contribution in [3.8, 4) is 11.5 Å². The molecule has 0 aromatic heterocycles. The lowest BCUT2D eigenvalue weighted by atomic mass is 10.2. The van der Waals surface area contributed by atoms with Crippen molar-refractivity contribution in [1.29, 1.82) is 0 Å². The lowest BCUT2D eigenvalue weighted by molar-refractivity contribution is -0.384. The summed E-state index contributed by atoms with van der Waals surface area (Å²) in [6, 6.07) is 8.62. The third kappa shape index (κ3) is 5.19. The van der Waals surface area contributed by atoms with Crippen molar-refractivity contribution in [3.63, 3.8) is 0 Å². The van der Waals surface area contributed by atoms with E-state index < -0.39 is 23.4 Å². The van der Waals surface area contributed by atoms with E-state index in [0.717, 1.165) is 0 Å². The molecule has 0 aliphatic rings. The van der Waals surface area contributed by atoms with Crippen LogP contribution >= 0.6 is 0 Å². The van der Waals surface area contributed by atoms with Crippen LogP contribution in [-0.4, -0.2) is 37.1 Å². The van der Waals surface area contributed by atoms with Gasteiger partial charge in [-0.05, 0) is 37.6 Å². The molecule has 0 saturated heterocycles. The standard InChI is InChI=1S/C19H20N2O7/c1-4-27-17-9-13(6-8-16(17)26-3)19(23)28-11-18(22)20-15-10-14(21(24)25)7-5-12(15)2/h5-10H,4,11H2,1-3H3,(H,20,22). The number of aryl methyl sites for hydroxylation is 1. The largest absolute Gasteiger partial charge is 0.493 e. The number of nitro benzene ring substituents is 1. The molecule has 0 aliphatic heterocycles. The number of hydrogen-bond donors (Lipinski definition) is 1. The fourth-order valence-corrected chi connectivity index (χ4v) is 2.33. The minimum atomic E-state index is -0.713. The maximum Gasteiger partial charge on any atom is 0.338 e. The van der Waals surface area contributed by atoms with Crippen molar-refractivity contribution in [2.75, 3.05) is 25.6 Å². The number of ether oxygens (including phenoxy) is 3. The zero-order chi connectivity index (χ0) is 20.7. The highest BCUT2D eigenvalue weighted by atomic mass is 16.6. The van der Waals surface area contributed by atoms with Crippen LogP contribution in [0.4, 0.5) is 11.4 Å². The molecule has 9 nitrogen and oxygen atoms in total. The zero-order valence-electron chi connectivity index (χ0n) is 15.7. The monoisotopic (exact) mass is 388 g/mol. The van der Waals surface area contributed by atoms with Crippen LogP contribution in [0.2, 0.25) is 0 Å². The molecule has 0 atom stereocenters. The van der Waals surface area contributed by atoms with Crippen LogP contribution in [0.3, 0.4) is 0 Å². The van der Waals surface area contributed by atoms with Gasteiger partial charge in [0.1, 0.15) is 0 Å². The molecule has 0 radical (unpaired) electrons. The Morgan fingerprint density at radius 1 is 1.14 bits per heavy atom. The minimum absolute atomic E-state index is 0.153. The SMILES string of the molecule is CCOc1cc(C(=O)OCC(=O)Nc2cc([N+](=O)[O-])ccc2C)ccc1OC. The van der Waals surface area contributed by atoms with Gasteiger partial charge in [-0.2, -0.15) is 0 Å². The van der Waals surface area contributed by atoms with Crippen molar-refractivity contribution in [2.45, 2.75) is 13.8 Å². The van der Waals surface area contributed by atoms with Crippen molar-refractivity contribution in [2.24, 2.45) is 0 Å². The Balaban J connectivity index is 2.01. The van der Waals surface area contributed by atoms with E-state index in [1.54, 1.807) is 19.9 Å². The third-order valence-electron chi connectivity index (χ3n) is 3.74. The molecular formula is C19H20N2O7. The maximum absolute atomic E-state index is 12.2. The van der Waals surface area contributed by atoms with E-state index in [4.69, 9.17) is 14.2 Å². The third-order valence-corrected chi connectivity index (χ3v) is 3.74. The predicted octanol–water partition coefficient (Wildman–Crippen LogP) is 3.11. The Bertz CT molecular complexity index is 896. The van der Waals surface area contributed by atoms with E-state index in [1.807, 2.05) is 0 Å². The van der Waals surface area contributed by atoms with Crippen molar-refractivity contribution < 1.29 is 28.7 Å². The molecule has 0 heterocycles. The predicted molar refractivity (Wildman–Crippen MR) is 101 cm³/mol. The molecule has 0 unspecified atom stereocenters. The number of benzene rings is 2.